The van der Waals surface area contributed by atoms with Crippen LogP contribution >= 0.6 is 11.3 Å². The summed E-state index contributed by atoms with van der Waals surface area (Å²) in [7, 11) is 1.60. The van der Waals surface area contributed by atoms with Crippen molar-refractivity contribution in [3.05, 3.63) is 89.0 Å². The molecule has 0 unspecified atom stereocenters. The summed E-state index contributed by atoms with van der Waals surface area (Å²) >= 11 is 1.10. The average molecular weight is 438 g/mol. The van der Waals surface area contributed by atoms with Crippen molar-refractivity contribution >= 4 is 32.6 Å². The zero-order chi connectivity index (χ0) is 22.0. The monoisotopic (exact) mass is 438 g/mol. The second kappa shape index (κ2) is 8.81. The van der Waals surface area contributed by atoms with Gasteiger partial charge in [-0.3, -0.25) is 9.69 Å². The molecule has 0 spiro atoms. The van der Waals surface area contributed by atoms with Gasteiger partial charge in [0.25, 0.3) is 0 Å². The van der Waals surface area contributed by atoms with Crippen LogP contribution in [0.4, 0.5) is 13.9 Å². The second-order valence-corrected chi connectivity index (χ2v) is 8.19. The SMILES string of the molecule is COc1ccc(CC(=O)N(Cc2ccccc2)c2nc3c(F)cc(F)cc3s2)cc1C. The maximum Gasteiger partial charge on any atom is 0.233 e. The topological polar surface area (TPSA) is 42.4 Å². The average Bonchev–Trinajstić information content (AvgIpc) is 3.17. The Morgan fingerprint density at radius 3 is 2.55 bits per heavy atom. The molecule has 0 saturated carbocycles. The molecule has 1 heterocycles. The molecule has 3 aromatic carbocycles. The van der Waals surface area contributed by atoms with E-state index in [0.717, 1.165) is 39.8 Å². The van der Waals surface area contributed by atoms with E-state index in [9.17, 15) is 13.6 Å². The summed E-state index contributed by atoms with van der Waals surface area (Å²) in [6, 6.07) is 17.1. The van der Waals surface area contributed by atoms with Gasteiger partial charge in [0.15, 0.2) is 10.9 Å². The van der Waals surface area contributed by atoms with Gasteiger partial charge in [0, 0.05) is 6.07 Å². The van der Waals surface area contributed by atoms with Crippen molar-refractivity contribution in [2.24, 2.45) is 0 Å². The summed E-state index contributed by atoms with van der Waals surface area (Å²) in [4.78, 5) is 19.1. The molecule has 0 bridgehead atoms. The van der Waals surface area contributed by atoms with E-state index in [1.165, 1.54) is 11.0 Å². The van der Waals surface area contributed by atoms with Crippen molar-refractivity contribution in [3.63, 3.8) is 0 Å². The molecular formula is C24H20F2N2O2S. The minimum atomic E-state index is -0.740. The maximum absolute atomic E-state index is 14.2. The molecular weight excluding hydrogens is 418 g/mol. The van der Waals surface area contributed by atoms with Gasteiger partial charge in [-0.1, -0.05) is 53.8 Å². The molecule has 158 valence electrons. The van der Waals surface area contributed by atoms with Crippen molar-refractivity contribution < 1.29 is 18.3 Å². The lowest BCUT2D eigenvalue weighted by Crippen LogP contribution is -2.31. The van der Waals surface area contributed by atoms with Crippen molar-refractivity contribution in [2.75, 3.05) is 12.0 Å². The number of carbonyl (C=O) groups excluding carboxylic acids is 1. The molecule has 1 amide bonds. The Hall–Kier alpha value is -3.32. The van der Waals surface area contributed by atoms with Crippen LogP contribution in [0.5, 0.6) is 5.75 Å². The summed E-state index contributed by atoms with van der Waals surface area (Å²) in [5, 5.41) is 0.332. The lowest BCUT2D eigenvalue weighted by Gasteiger charge is -2.20. The highest BCUT2D eigenvalue weighted by atomic mass is 32.1. The van der Waals surface area contributed by atoms with E-state index >= 15 is 0 Å². The van der Waals surface area contributed by atoms with Crippen LogP contribution in [-0.2, 0) is 17.8 Å². The summed E-state index contributed by atoms with van der Waals surface area (Å²) in [5.41, 5.74) is 2.74. The van der Waals surface area contributed by atoms with Crippen LogP contribution in [0.2, 0.25) is 0 Å². The smallest absolute Gasteiger partial charge is 0.233 e. The van der Waals surface area contributed by atoms with Crippen molar-refractivity contribution in [1.29, 1.82) is 0 Å². The number of anilines is 1. The minimum Gasteiger partial charge on any atom is -0.496 e. The largest absolute Gasteiger partial charge is 0.496 e. The van der Waals surface area contributed by atoms with Gasteiger partial charge in [0.1, 0.15) is 17.1 Å². The number of aryl methyl sites for hydroxylation is 1. The maximum atomic E-state index is 14.2. The van der Waals surface area contributed by atoms with E-state index in [1.54, 1.807) is 7.11 Å². The lowest BCUT2D eigenvalue weighted by molar-refractivity contribution is -0.118. The Bertz CT molecular complexity index is 1240. The first-order valence-electron chi connectivity index (χ1n) is 9.68. The Kier molecular flexibility index (Phi) is 5.95. The molecule has 4 nitrogen and oxygen atoms in total. The van der Waals surface area contributed by atoms with E-state index in [1.807, 2.05) is 55.5 Å². The first-order chi connectivity index (χ1) is 14.9. The van der Waals surface area contributed by atoms with Gasteiger partial charge < -0.3 is 4.74 Å². The Morgan fingerprint density at radius 2 is 1.84 bits per heavy atom. The summed E-state index contributed by atoms with van der Waals surface area (Å²) in [6.07, 6.45) is 0.143. The predicted molar refractivity (Wildman–Crippen MR) is 119 cm³/mol. The van der Waals surface area contributed by atoms with Crippen LogP contribution in [-0.4, -0.2) is 18.0 Å². The van der Waals surface area contributed by atoms with E-state index in [4.69, 9.17) is 4.74 Å². The molecule has 0 saturated heterocycles. The molecule has 0 atom stereocenters. The third-order valence-corrected chi connectivity index (χ3v) is 5.96. The molecule has 0 aliphatic rings. The Balaban J connectivity index is 1.69. The number of fused-ring (bicyclic) bond motifs is 1. The van der Waals surface area contributed by atoms with Crippen LogP contribution in [0.3, 0.4) is 0 Å². The molecule has 31 heavy (non-hydrogen) atoms. The molecule has 4 rings (SSSR count). The second-order valence-electron chi connectivity index (χ2n) is 7.18. The third kappa shape index (κ3) is 4.56. The van der Waals surface area contributed by atoms with Crippen molar-refractivity contribution in [2.45, 2.75) is 19.9 Å². The molecule has 0 aliphatic carbocycles. The van der Waals surface area contributed by atoms with Gasteiger partial charge in [-0.25, -0.2) is 13.8 Å². The molecule has 7 heteroatoms. The fraction of sp³-hybridized carbons (Fsp3) is 0.167. The van der Waals surface area contributed by atoms with Crippen LogP contribution < -0.4 is 9.64 Å². The highest BCUT2D eigenvalue weighted by Crippen LogP contribution is 2.32. The number of benzene rings is 3. The van der Waals surface area contributed by atoms with Crippen molar-refractivity contribution in [1.82, 2.24) is 4.98 Å². The summed E-state index contributed by atoms with van der Waals surface area (Å²) in [5.74, 6) is -0.848. The number of rotatable bonds is 6. The van der Waals surface area contributed by atoms with E-state index in [-0.39, 0.29) is 24.4 Å². The third-order valence-electron chi connectivity index (χ3n) is 4.93. The number of aromatic nitrogens is 1. The number of ether oxygens (including phenoxy) is 1. The Morgan fingerprint density at radius 1 is 1.06 bits per heavy atom. The highest BCUT2D eigenvalue weighted by molar-refractivity contribution is 7.22. The summed E-state index contributed by atoms with van der Waals surface area (Å²) < 4.78 is 33.5. The molecule has 1 aromatic heterocycles. The number of thiazole rings is 1. The van der Waals surface area contributed by atoms with Crippen LogP contribution in [0.1, 0.15) is 16.7 Å². The van der Waals surface area contributed by atoms with Crippen LogP contribution in [0, 0.1) is 18.6 Å². The number of nitrogens with zero attached hydrogens (tertiary/aromatic N) is 2. The predicted octanol–water partition coefficient (Wildman–Crippen LogP) is 5.67. The van der Waals surface area contributed by atoms with Gasteiger partial charge in [0.2, 0.25) is 5.91 Å². The number of halogens is 2. The van der Waals surface area contributed by atoms with Gasteiger partial charge in [-0.15, -0.1) is 0 Å². The number of amides is 1. The number of hydrogen-bond acceptors (Lipinski definition) is 4. The first kappa shape index (κ1) is 20.9. The van der Waals surface area contributed by atoms with Crippen molar-refractivity contribution in [3.8, 4) is 5.75 Å². The molecule has 0 aliphatic heterocycles. The van der Waals surface area contributed by atoms with E-state index in [0.29, 0.717) is 9.83 Å². The molecule has 4 aromatic rings. The van der Waals surface area contributed by atoms with E-state index < -0.39 is 11.6 Å². The van der Waals surface area contributed by atoms with Gasteiger partial charge >= 0.3 is 0 Å². The van der Waals surface area contributed by atoms with Crippen LogP contribution in [0.25, 0.3) is 10.2 Å². The normalized spacial score (nSPS) is 11.0. The number of methoxy groups -OCH3 is 1. The standard InChI is InChI=1S/C24H20F2N2O2S/c1-15-10-17(8-9-20(15)30-2)11-22(29)28(14-16-6-4-3-5-7-16)24-27-23-19(26)12-18(25)13-21(23)31-24/h3-10,12-13H,11,14H2,1-2H3. The quantitative estimate of drug-likeness (QED) is 0.390. The fourth-order valence-corrected chi connectivity index (χ4v) is 4.43. The summed E-state index contributed by atoms with van der Waals surface area (Å²) in [6.45, 7) is 2.19. The fourth-order valence-electron chi connectivity index (χ4n) is 3.41. The van der Waals surface area contributed by atoms with Gasteiger partial charge in [0.05, 0.1) is 24.8 Å². The number of carbonyl (C=O) groups is 1. The molecule has 0 radical (unpaired) electrons. The number of hydrogen-bond donors (Lipinski definition) is 0. The highest BCUT2D eigenvalue weighted by Gasteiger charge is 2.22. The first-order valence-corrected chi connectivity index (χ1v) is 10.5. The zero-order valence-corrected chi connectivity index (χ0v) is 17.9. The van der Waals surface area contributed by atoms with Gasteiger partial charge in [-0.2, -0.15) is 0 Å². The van der Waals surface area contributed by atoms with Crippen LogP contribution in [0.15, 0.2) is 60.7 Å². The lowest BCUT2D eigenvalue weighted by atomic mass is 10.1. The minimum absolute atomic E-state index is 0.0625. The van der Waals surface area contributed by atoms with Gasteiger partial charge in [-0.05, 0) is 35.7 Å². The molecule has 0 fully saturated rings. The molecule has 0 N–H and O–H groups in total. The Labute approximate surface area is 182 Å². The zero-order valence-electron chi connectivity index (χ0n) is 17.1. The van der Waals surface area contributed by atoms with E-state index in [2.05, 4.69) is 4.98 Å².